The molecule has 1 aliphatic heterocycles. The number of ether oxygens (including phenoxy) is 1. The average molecular weight is 476 g/mol. The standard InChI is InChI=1S/C27H26ClN3O3/c28-22-8-3-18(4-9-22)15-31-13-1-2-19(16-31)17-34-23-10-5-20(6-11-23)26-29-24-12-7-21(27(32)33)14-25(24)30-26/h3-12,14,19H,1-2,13,15-17H2,(H,29,30)(H,32,33). The largest absolute Gasteiger partial charge is 0.493 e. The van der Waals surface area contributed by atoms with E-state index in [4.69, 9.17) is 16.3 Å². The molecule has 174 valence electrons. The summed E-state index contributed by atoms with van der Waals surface area (Å²) in [6, 6.07) is 20.8. The maximum absolute atomic E-state index is 11.2. The van der Waals surface area contributed by atoms with Gasteiger partial charge in [0.2, 0.25) is 0 Å². The lowest BCUT2D eigenvalue weighted by Crippen LogP contribution is -2.37. The van der Waals surface area contributed by atoms with E-state index >= 15 is 0 Å². The summed E-state index contributed by atoms with van der Waals surface area (Å²) in [5.41, 5.74) is 3.87. The van der Waals surface area contributed by atoms with Gasteiger partial charge in [-0.15, -0.1) is 0 Å². The number of fused-ring (bicyclic) bond motifs is 1. The number of imidazole rings is 1. The van der Waals surface area contributed by atoms with Crippen LogP contribution >= 0.6 is 11.6 Å². The topological polar surface area (TPSA) is 78.4 Å². The van der Waals surface area contributed by atoms with Crippen LogP contribution in [0, 0.1) is 5.92 Å². The summed E-state index contributed by atoms with van der Waals surface area (Å²) in [5, 5.41) is 9.94. The molecule has 4 aromatic rings. The number of halogens is 1. The molecule has 3 aromatic carbocycles. The van der Waals surface area contributed by atoms with Crippen LogP contribution in [0.5, 0.6) is 5.75 Å². The zero-order valence-corrected chi connectivity index (χ0v) is 19.5. The Bertz CT molecular complexity index is 1280. The molecule has 1 unspecified atom stereocenters. The predicted molar refractivity (Wildman–Crippen MR) is 133 cm³/mol. The van der Waals surface area contributed by atoms with E-state index in [-0.39, 0.29) is 5.56 Å². The first kappa shape index (κ1) is 22.4. The fraction of sp³-hybridized carbons (Fsp3) is 0.259. The van der Waals surface area contributed by atoms with Gasteiger partial charge in [-0.2, -0.15) is 0 Å². The van der Waals surface area contributed by atoms with Crippen molar-refractivity contribution in [3.63, 3.8) is 0 Å². The van der Waals surface area contributed by atoms with Crippen LogP contribution in [0.4, 0.5) is 0 Å². The summed E-state index contributed by atoms with van der Waals surface area (Å²) in [6.07, 6.45) is 2.35. The molecule has 0 aliphatic carbocycles. The van der Waals surface area contributed by atoms with Crippen molar-refractivity contribution in [3.05, 3.63) is 82.9 Å². The molecule has 2 heterocycles. The molecular formula is C27H26ClN3O3. The molecule has 6 nitrogen and oxygen atoms in total. The van der Waals surface area contributed by atoms with Crippen LogP contribution in [0.1, 0.15) is 28.8 Å². The van der Waals surface area contributed by atoms with Gasteiger partial charge >= 0.3 is 5.97 Å². The molecule has 0 radical (unpaired) electrons. The zero-order chi connectivity index (χ0) is 23.5. The summed E-state index contributed by atoms with van der Waals surface area (Å²) >= 11 is 6.00. The molecule has 1 aliphatic rings. The van der Waals surface area contributed by atoms with Gasteiger partial charge in [0.25, 0.3) is 0 Å². The van der Waals surface area contributed by atoms with E-state index in [1.807, 2.05) is 36.4 Å². The SMILES string of the molecule is O=C(O)c1ccc2[nH]c(-c3ccc(OCC4CCCN(Cc5ccc(Cl)cc5)C4)cc3)nc2c1. The van der Waals surface area contributed by atoms with E-state index < -0.39 is 5.97 Å². The first-order valence-electron chi connectivity index (χ1n) is 11.5. The zero-order valence-electron chi connectivity index (χ0n) is 18.7. The summed E-state index contributed by atoms with van der Waals surface area (Å²) in [4.78, 5) is 21.5. The van der Waals surface area contributed by atoms with Gasteiger partial charge in [-0.25, -0.2) is 9.78 Å². The molecule has 34 heavy (non-hydrogen) atoms. The third-order valence-corrected chi connectivity index (χ3v) is 6.52. The van der Waals surface area contributed by atoms with Gasteiger partial charge < -0.3 is 14.8 Å². The fourth-order valence-corrected chi connectivity index (χ4v) is 4.60. The molecule has 1 fully saturated rings. The summed E-state index contributed by atoms with van der Waals surface area (Å²) in [7, 11) is 0. The normalized spacial score (nSPS) is 16.6. The molecular weight excluding hydrogens is 450 g/mol. The second kappa shape index (κ2) is 9.87. The number of rotatable bonds is 7. The molecule has 1 atom stereocenters. The molecule has 1 saturated heterocycles. The minimum Gasteiger partial charge on any atom is -0.493 e. The second-order valence-electron chi connectivity index (χ2n) is 8.83. The lowest BCUT2D eigenvalue weighted by Gasteiger charge is -2.32. The highest BCUT2D eigenvalue weighted by atomic mass is 35.5. The Kier molecular flexibility index (Phi) is 6.52. The van der Waals surface area contributed by atoms with E-state index in [2.05, 4.69) is 27.0 Å². The Labute approximate surface area is 203 Å². The Morgan fingerprint density at radius 2 is 1.91 bits per heavy atom. The Morgan fingerprint density at radius 1 is 1.12 bits per heavy atom. The number of hydrogen-bond donors (Lipinski definition) is 2. The Hall–Kier alpha value is -3.35. The smallest absolute Gasteiger partial charge is 0.335 e. The number of nitrogens with zero attached hydrogens (tertiary/aromatic N) is 2. The van der Waals surface area contributed by atoms with E-state index in [0.29, 0.717) is 23.9 Å². The van der Waals surface area contributed by atoms with Crippen molar-refractivity contribution in [2.45, 2.75) is 19.4 Å². The van der Waals surface area contributed by atoms with Gasteiger partial charge in [0, 0.05) is 29.6 Å². The molecule has 7 heteroatoms. The van der Waals surface area contributed by atoms with Crippen LogP contribution in [0.2, 0.25) is 5.02 Å². The quantitative estimate of drug-likeness (QED) is 0.349. The lowest BCUT2D eigenvalue weighted by molar-refractivity contribution is 0.0697. The predicted octanol–water partition coefficient (Wildman–Crippen LogP) is 5.87. The van der Waals surface area contributed by atoms with Crippen molar-refractivity contribution in [1.29, 1.82) is 0 Å². The van der Waals surface area contributed by atoms with Gasteiger partial charge in [0.05, 0.1) is 23.2 Å². The first-order chi connectivity index (χ1) is 16.5. The molecule has 0 spiro atoms. The van der Waals surface area contributed by atoms with E-state index in [1.165, 1.54) is 18.4 Å². The van der Waals surface area contributed by atoms with Crippen LogP contribution < -0.4 is 4.74 Å². The molecule has 1 aromatic heterocycles. The van der Waals surface area contributed by atoms with Crippen LogP contribution in [0.15, 0.2) is 66.7 Å². The maximum Gasteiger partial charge on any atom is 0.335 e. The average Bonchev–Trinajstić information content (AvgIpc) is 3.28. The van der Waals surface area contributed by atoms with E-state index in [1.54, 1.807) is 18.2 Å². The number of carboxylic acid groups (broad SMARTS) is 1. The number of likely N-dealkylation sites (tertiary alicyclic amines) is 1. The number of nitrogens with one attached hydrogen (secondary N) is 1. The van der Waals surface area contributed by atoms with Crippen LogP contribution in [0.3, 0.4) is 0 Å². The number of aromatic amines is 1. The number of aromatic carboxylic acids is 1. The summed E-state index contributed by atoms with van der Waals surface area (Å²) in [6.45, 7) is 3.77. The number of carbonyl (C=O) groups is 1. The monoisotopic (exact) mass is 475 g/mol. The van der Waals surface area contributed by atoms with Gasteiger partial charge in [-0.05, 0) is 79.5 Å². The van der Waals surface area contributed by atoms with Gasteiger partial charge in [-0.1, -0.05) is 23.7 Å². The minimum absolute atomic E-state index is 0.226. The number of aromatic nitrogens is 2. The highest BCUT2D eigenvalue weighted by Gasteiger charge is 2.20. The van der Waals surface area contributed by atoms with Gasteiger partial charge in [-0.3, -0.25) is 4.90 Å². The number of carboxylic acids is 1. The first-order valence-corrected chi connectivity index (χ1v) is 11.8. The lowest BCUT2D eigenvalue weighted by atomic mass is 9.98. The van der Waals surface area contributed by atoms with Crippen LogP contribution in [-0.2, 0) is 6.54 Å². The van der Waals surface area contributed by atoms with Gasteiger partial charge in [0.15, 0.2) is 0 Å². The van der Waals surface area contributed by atoms with Crippen molar-refractivity contribution >= 4 is 28.6 Å². The molecule has 2 N–H and O–H groups in total. The van der Waals surface area contributed by atoms with Crippen molar-refractivity contribution in [3.8, 4) is 17.1 Å². The fourth-order valence-electron chi connectivity index (χ4n) is 4.48. The summed E-state index contributed by atoms with van der Waals surface area (Å²) in [5.74, 6) is 1.08. The third kappa shape index (κ3) is 5.24. The van der Waals surface area contributed by atoms with E-state index in [9.17, 15) is 9.90 Å². The highest BCUT2D eigenvalue weighted by molar-refractivity contribution is 6.30. The maximum atomic E-state index is 11.2. The van der Waals surface area contributed by atoms with Gasteiger partial charge in [0.1, 0.15) is 11.6 Å². The summed E-state index contributed by atoms with van der Waals surface area (Å²) < 4.78 is 6.11. The number of H-pyrrole nitrogens is 1. The molecule has 0 amide bonds. The van der Waals surface area contributed by atoms with Crippen molar-refractivity contribution in [1.82, 2.24) is 14.9 Å². The second-order valence-corrected chi connectivity index (χ2v) is 9.26. The molecule has 0 bridgehead atoms. The third-order valence-electron chi connectivity index (χ3n) is 6.27. The van der Waals surface area contributed by atoms with E-state index in [0.717, 1.165) is 41.5 Å². The van der Waals surface area contributed by atoms with Crippen molar-refractivity contribution in [2.75, 3.05) is 19.7 Å². The Balaban J connectivity index is 1.18. The number of piperidine rings is 1. The highest BCUT2D eigenvalue weighted by Crippen LogP contribution is 2.25. The number of benzene rings is 3. The molecule has 0 saturated carbocycles. The van der Waals surface area contributed by atoms with Crippen LogP contribution in [0.25, 0.3) is 22.4 Å². The minimum atomic E-state index is -0.959. The van der Waals surface area contributed by atoms with Crippen molar-refractivity contribution in [2.24, 2.45) is 5.92 Å². The van der Waals surface area contributed by atoms with Crippen molar-refractivity contribution < 1.29 is 14.6 Å². The Morgan fingerprint density at radius 3 is 2.68 bits per heavy atom. The van der Waals surface area contributed by atoms with Crippen LogP contribution in [-0.4, -0.2) is 45.6 Å². The molecule has 5 rings (SSSR count). The number of hydrogen-bond acceptors (Lipinski definition) is 4.